The van der Waals surface area contributed by atoms with Gasteiger partial charge in [0.1, 0.15) is 0 Å². The third kappa shape index (κ3) is 5.47. The first-order valence-electron chi connectivity index (χ1n) is 5.25. The van der Waals surface area contributed by atoms with E-state index in [0.717, 1.165) is 10.5 Å². The molecule has 2 atom stereocenters. The van der Waals surface area contributed by atoms with Gasteiger partial charge in [0.2, 0.25) is 0 Å². The summed E-state index contributed by atoms with van der Waals surface area (Å²) in [4.78, 5) is 0. The summed E-state index contributed by atoms with van der Waals surface area (Å²) < 4.78 is 0. The van der Waals surface area contributed by atoms with E-state index in [1.54, 1.807) is 0 Å². The van der Waals surface area contributed by atoms with Gasteiger partial charge in [0, 0.05) is 33.5 Å². The van der Waals surface area contributed by atoms with Gasteiger partial charge in [-0.1, -0.05) is 13.8 Å². The van der Waals surface area contributed by atoms with Gasteiger partial charge in [-0.05, 0) is 11.5 Å². The molecular formula is C10H20S4. The molecule has 0 N–H and O–H groups in total. The van der Waals surface area contributed by atoms with E-state index in [0.29, 0.717) is 0 Å². The van der Waals surface area contributed by atoms with Crippen molar-refractivity contribution in [2.45, 2.75) is 24.3 Å². The van der Waals surface area contributed by atoms with E-state index in [9.17, 15) is 0 Å². The minimum absolute atomic E-state index is 0.924. The predicted octanol–water partition coefficient (Wildman–Crippen LogP) is 3.71. The Labute approximate surface area is 106 Å². The zero-order valence-corrected chi connectivity index (χ0v) is 12.3. The Kier molecular flexibility index (Phi) is 8.21. The van der Waals surface area contributed by atoms with E-state index in [-0.39, 0.29) is 0 Å². The molecule has 2 unspecified atom stereocenters. The van der Waals surface area contributed by atoms with E-state index in [4.69, 9.17) is 0 Å². The van der Waals surface area contributed by atoms with Crippen LogP contribution in [0.25, 0.3) is 0 Å². The Morgan fingerprint density at radius 3 is 1.64 bits per heavy atom. The van der Waals surface area contributed by atoms with Gasteiger partial charge in [0.05, 0.1) is 0 Å². The zero-order chi connectivity index (χ0) is 10.2. The molecule has 4 heteroatoms. The van der Waals surface area contributed by atoms with Crippen LogP contribution in [-0.4, -0.2) is 45.0 Å². The van der Waals surface area contributed by atoms with Gasteiger partial charge in [-0.15, -0.1) is 0 Å². The average Bonchev–Trinajstić information content (AvgIpc) is 2.25. The van der Waals surface area contributed by atoms with Gasteiger partial charge in [0.25, 0.3) is 0 Å². The molecule has 0 aromatic heterocycles. The first-order valence-corrected chi connectivity index (χ1v) is 9.66. The number of thioether (sulfide) groups is 4. The molecule has 84 valence electrons. The highest BCUT2D eigenvalue weighted by Gasteiger charge is 2.21. The molecule has 0 amide bonds. The minimum Gasteiger partial charge on any atom is -0.161 e. The molecule has 0 nitrogen and oxygen atoms in total. The maximum absolute atomic E-state index is 2.26. The number of hydrogen-bond acceptors (Lipinski definition) is 4. The third-order valence-electron chi connectivity index (χ3n) is 2.05. The van der Waals surface area contributed by atoms with Crippen molar-refractivity contribution >= 4 is 47.0 Å². The second kappa shape index (κ2) is 8.54. The summed E-state index contributed by atoms with van der Waals surface area (Å²) in [7, 11) is 0. The van der Waals surface area contributed by atoms with Gasteiger partial charge in [-0.3, -0.25) is 0 Å². The Balaban J connectivity index is 2.05. The van der Waals surface area contributed by atoms with E-state index in [1.165, 1.54) is 34.5 Å². The summed E-state index contributed by atoms with van der Waals surface area (Å²) in [6.07, 6.45) is 0. The molecule has 0 aliphatic carbocycles. The van der Waals surface area contributed by atoms with Crippen molar-refractivity contribution in [1.29, 1.82) is 0 Å². The molecule has 1 aliphatic heterocycles. The lowest BCUT2D eigenvalue weighted by atomic mass is 10.5. The maximum atomic E-state index is 2.26. The lowest BCUT2D eigenvalue weighted by molar-refractivity contribution is 1.06. The molecule has 0 aromatic carbocycles. The molecule has 1 rings (SSSR count). The third-order valence-corrected chi connectivity index (χ3v) is 7.79. The van der Waals surface area contributed by atoms with Gasteiger partial charge in [-0.25, -0.2) is 0 Å². The molecule has 1 heterocycles. The Morgan fingerprint density at radius 1 is 0.929 bits per heavy atom. The van der Waals surface area contributed by atoms with E-state index in [2.05, 4.69) is 60.9 Å². The van der Waals surface area contributed by atoms with Crippen molar-refractivity contribution < 1.29 is 0 Å². The van der Waals surface area contributed by atoms with Crippen LogP contribution < -0.4 is 0 Å². The monoisotopic (exact) mass is 268 g/mol. The van der Waals surface area contributed by atoms with Crippen LogP contribution in [0.5, 0.6) is 0 Å². The van der Waals surface area contributed by atoms with Crippen LogP contribution in [0.4, 0.5) is 0 Å². The van der Waals surface area contributed by atoms with Crippen LogP contribution in [0.15, 0.2) is 0 Å². The van der Waals surface area contributed by atoms with Gasteiger partial charge in [0.15, 0.2) is 0 Å². The smallest absolute Gasteiger partial charge is 0.0229 e. The molecule has 0 bridgehead atoms. The average molecular weight is 269 g/mol. The van der Waals surface area contributed by atoms with Crippen molar-refractivity contribution in [3.63, 3.8) is 0 Å². The largest absolute Gasteiger partial charge is 0.161 e. The molecule has 0 spiro atoms. The van der Waals surface area contributed by atoms with E-state index in [1.807, 2.05) is 0 Å². The molecule has 1 aliphatic rings. The molecular weight excluding hydrogens is 248 g/mol. The second-order valence-electron chi connectivity index (χ2n) is 3.23. The van der Waals surface area contributed by atoms with Crippen LogP contribution in [-0.2, 0) is 0 Å². The van der Waals surface area contributed by atoms with Gasteiger partial charge < -0.3 is 0 Å². The summed E-state index contributed by atoms with van der Waals surface area (Å²) >= 11 is 8.60. The molecule has 1 fully saturated rings. The summed E-state index contributed by atoms with van der Waals surface area (Å²) in [6.45, 7) is 4.51. The van der Waals surface area contributed by atoms with Crippen molar-refractivity contribution in [2.75, 3.05) is 34.5 Å². The second-order valence-corrected chi connectivity index (χ2v) is 8.53. The summed E-state index contributed by atoms with van der Waals surface area (Å²) in [6, 6.07) is 0. The van der Waals surface area contributed by atoms with Crippen molar-refractivity contribution in [3.8, 4) is 0 Å². The van der Waals surface area contributed by atoms with Crippen LogP contribution >= 0.6 is 47.0 Å². The SMILES string of the molecule is CCSCC1CSC(CSCC)CS1. The van der Waals surface area contributed by atoms with E-state index < -0.39 is 0 Å². The number of rotatable bonds is 6. The highest BCUT2D eigenvalue weighted by Crippen LogP contribution is 2.33. The summed E-state index contributed by atoms with van der Waals surface area (Å²) in [5, 5.41) is 1.85. The van der Waals surface area contributed by atoms with Gasteiger partial charge in [-0.2, -0.15) is 47.0 Å². The highest BCUT2D eigenvalue weighted by atomic mass is 32.2. The molecule has 0 radical (unpaired) electrons. The summed E-state index contributed by atoms with van der Waals surface area (Å²) in [5.74, 6) is 8.04. The normalized spacial score (nSPS) is 27.9. The fraction of sp³-hybridized carbons (Fsp3) is 1.00. The zero-order valence-electron chi connectivity index (χ0n) is 9.03. The molecule has 0 aromatic rings. The fourth-order valence-corrected chi connectivity index (χ4v) is 6.60. The Bertz CT molecular complexity index is 116. The van der Waals surface area contributed by atoms with Gasteiger partial charge >= 0.3 is 0 Å². The highest BCUT2D eigenvalue weighted by molar-refractivity contribution is 8.09. The lowest BCUT2D eigenvalue weighted by Crippen LogP contribution is -2.24. The van der Waals surface area contributed by atoms with Crippen LogP contribution in [0.2, 0.25) is 0 Å². The predicted molar refractivity (Wildman–Crippen MR) is 78.5 cm³/mol. The standard InChI is InChI=1S/C10H20S4/c1-3-11-5-9-7-14-10(8-13-9)6-12-4-2/h9-10H,3-8H2,1-2H3. The van der Waals surface area contributed by atoms with E-state index >= 15 is 0 Å². The Hall–Kier alpha value is 1.40. The lowest BCUT2D eigenvalue weighted by Gasteiger charge is -2.27. The summed E-state index contributed by atoms with van der Waals surface area (Å²) in [5.41, 5.74) is 0. The van der Waals surface area contributed by atoms with Crippen LogP contribution in [0.3, 0.4) is 0 Å². The van der Waals surface area contributed by atoms with Crippen molar-refractivity contribution in [3.05, 3.63) is 0 Å². The topological polar surface area (TPSA) is 0 Å². The Morgan fingerprint density at radius 2 is 1.36 bits per heavy atom. The quantitative estimate of drug-likeness (QED) is 0.720. The van der Waals surface area contributed by atoms with Crippen molar-refractivity contribution in [1.82, 2.24) is 0 Å². The molecule has 0 saturated carbocycles. The maximum Gasteiger partial charge on any atom is 0.0229 e. The van der Waals surface area contributed by atoms with Crippen molar-refractivity contribution in [2.24, 2.45) is 0 Å². The van der Waals surface area contributed by atoms with Crippen LogP contribution in [0, 0.1) is 0 Å². The number of hydrogen-bond donors (Lipinski definition) is 0. The first kappa shape index (κ1) is 13.5. The van der Waals surface area contributed by atoms with Crippen LogP contribution in [0.1, 0.15) is 13.8 Å². The minimum atomic E-state index is 0.924. The molecule has 1 saturated heterocycles. The fourth-order valence-electron chi connectivity index (χ4n) is 1.27. The first-order chi connectivity index (χ1) is 6.86. The molecule has 14 heavy (non-hydrogen) atoms.